The zero-order valence-electron chi connectivity index (χ0n) is 6.45. The molecule has 0 saturated carbocycles. The van der Waals surface area contributed by atoms with E-state index in [1.165, 1.54) is 0 Å². The third kappa shape index (κ3) is 2.89. The molecule has 0 radical (unpaired) electrons. The van der Waals surface area contributed by atoms with Gasteiger partial charge in [0.05, 0.1) is 6.54 Å². The minimum Gasteiger partial charge on any atom is -0.368 e. The molecule has 4 heteroatoms. The van der Waals surface area contributed by atoms with E-state index in [0.717, 1.165) is 16.7 Å². The highest BCUT2D eigenvalue weighted by atomic mass is 32.2. The van der Waals surface area contributed by atoms with Gasteiger partial charge >= 0.3 is 0 Å². The summed E-state index contributed by atoms with van der Waals surface area (Å²) >= 11 is 3.41. The summed E-state index contributed by atoms with van der Waals surface area (Å²) in [6.07, 6.45) is 1.88. The predicted molar refractivity (Wildman–Crippen MR) is 53.3 cm³/mol. The molecule has 2 nitrogen and oxygen atoms in total. The van der Waals surface area contributed by atoms with Gasteiger partial charge in [-0.15, -0.1) is 6.58 Å². The van der Waals surface area contributed by atoms with Crippen molar-refractivity contribution in [3.8, 4) is 0 Å². The van der Waals surface area contributed by atoms with Crippen LogP contribution in [0.3, 0.4) is 0 Å². The van der Waals surface area contributed by atoms with Gasteiger partial charge in [-0.2, -0.15) is 0 Å². The van der Waals surface area contributed by atoms with Crippen molar-refractivity contribution < 1.29 is 4.74 Å². The number of rotatable bonds is 3. The fraction of sp³-hybridized carbons (Fsp3) is 0.571. The van der Waals surface area contributed by atoms with Gasteiger partial charge in [-0.05, 0) is 0 Å². The van der Waals surface area contributed by atoms with Crippen molar-refractivity contribution in [3.05, 3.63) is 12.7 Å². The number of hydrogen-bond donors (Lipinski definition) is 0. The van der Waals surface area contributed by atoms with Crippen molar-refractivity contribution in [2.24, 2.45) is 4.99 Å². The summed E-state index contributed by atoms with van der Waals surface area (Å²) < 4.78 is 6.25. The summed E-state index contributed by atoms with van der Waals surface area (Å²) in [5.74, 6) is 0.933. The minimum atomic E-state index is 0.238. The Morgan fingerprint density at radius 3 is 3.36 bits per heavy atom. The monoisotopic (exact) mass is 189 g/mol. The first-order chi connectivity index (χ1) is 5.36. The zero-order valence-corrected chi connectivity index (χ0v) is 8.08. The summed E-state index contributed by atoms with van der Waals surface area (Å²) in [6, 6.07) is 0. The molecule has 1 rings (SSSR count). The van der Waals surface area contributed by atoms with Crippen LogP contribution in [0.2, 0.25) is 0 Å². The van der Waals surface area contributed by atoms with Crippen molar-refractivity contribution in [3.63, 3.8) is 0 Å². The Kier molecular flexibility index (Phi) is 4.04. The smallest absolute Gasteiger partial charge is 0.128 e. The molecule has 1 atom stereocenters. The molecule has 0 aliphatic carbocycles. The Hall–Kier alpha value is 0.0700. The Morgan fingerprint density at radius 2 is 2.82 bits per heavy atom. The largest absolute Gasteiger partial charge is 0.368 e. The van der Waals surface area contributed by atoms with E-state index in [0.29, 0.717) is 0 Å². The van der Waals surface area contributed by atoms with E-state index in [4.69, 9.17) is 4.74 Å². The highest BCUT2D eigenvalue weighted by Crippen LogP contribution is 2.28. The molecule has 1 unspecified atom stereocenters. The lowest BCUT2D eigenvalue weighted by molar-refractivity contribution is 0.182. The molecule has 0 aromatic rings. The molecule has 0 fully saturated rings. The van der Waals surface area contributed by atoms with Crippen molar-refractivity contribution in [1.82, 2.24) is 0 Å². The predicted octanol–water partition coefficient (Wildman–Crippen LogP) is 1.98. The lowest BCUT2D eigenvalue weighted by Crippen LogP contribution is -2.04. The van der Waals surface area contributed by atoms with Crippen molar-refractivity contribution >= 4 is 27.9 Å². The highest BCUT2D eigenvalue weighted by molar-refractivity contribution is 8.39. The van der Waals surface area contributed by atoms with E-state index >= 15 is 0 Å². The fourth-order valence-corrected chi connectivity index (χ4v) is 2.51. The normalized spacial score (nSPS) is 23.4. The van der Waals surface area contributed by atoms with Crippen LogP contribution in [0.15, 0.2) is 17.6 Å². The molecule has 0 bridgehead atoms. The SMILES string of the molecule is C=CCSC1=NCC(OC)S1. The molecule has 11 heavy (non-hydrogen) atoms. The quantitative estimate of drug-likeness (QED) is 0.634. The summed E-state index contributed by atoms with van der Waals surface area (Å²) in [6.45, 7) is 4.44. The second kappa shape index (κ2) is 4.85. The standard InChI is InChI=1S/C7H11NOS2/c1-3-4-10-7-8-5-6(9-2)11-7/h3,6H,1,4-5H2,2H3. The van der Waals surface area contributed by atoms with Gasteiger partial charge in [0.1, 0.15) is 9.81 Å². The zero-order chi connectivity index (χ0) is 8.10. The number of aliphatic imine (C=N–C) groups is 1. The highest BCUT2D eigenvalue weighted by Gasteiger charge is 2.18. The van der Waals surface area contributed by atoms with Gasteiger partial charge in [0, 0.05) is 12.9 Å². The summed E-state index contributed by atoms with van der Waals surface area (Å²) in [5.41, 5.74) is 0.238. The summed E-state index contributed by atoms with van der Waals surface area (Å²) in [7, 11) is 1.72. The molecule has 0 amide bonds. The second-order valence-corrected chi connectivity index (χ2v) is 4.40. The van der Waals surface area contributed by atoms with Crippen LogP contribution in [0.5, 0.6) is 0 Å². The van der Waals surface area contributed by atoms with Gasteiger partial charge in [0.2, 0.25) is 0 Å². The molecule has 1 heterocycles. The molecule has 0 saturated heterocycles. The van der Waals surface area contributed by atoms with Crippen molar-refractivity contribution in [2.45, 2.75) is 5.44 Å². The number of methoxy groups -OCH3 is 1. The second-order valence-electron chi connectivity index (χ2n) is 1.99. The maximum Gasteiger partial charge on any atom is 0.128 e. The van der Waals surface area contributed by atoms with Gasteiger partial charge in [-0.3, -0.25) is 4.99 Å². The van der Waals surface area contributed by atoms with Crippen molar-refractivity contribution in [1.29, 1.82) is 0 Å². The third-order valence-electron chi connectivity index (χ3n) is 1.19. The first kappa shape index (κ1) is 9.16. The van der Waals surface area contributed by atoms with Crippen LogP contribution in [0, 0.1) is 0 Å². The molecular formula is C7H11NOS2. The van der Waals surface area contributed by atoms with Crippen LogP contribution in [0.25, 0.3) is 0 Å². The summed E-state index contributed by atoms with van der Waals surface area (Å²) in [4.78, 5) is 4.30. The number of thioether (sulfide) groups is 2. The summed E-state index contributed by atoms with van der Waals surface area (Å²) in [5, 5.41) is 0. The average molecular weight is 189 g/mol. The van der Waals surface area contributed by atoms with Crippen LogP contribution in [-0.4, -0.2) is 29.2 Å². The first-order valence-corrected chi connectivity index (χ1v) is 5.21. The Morgan fingerprint density at radius 1 is 2.00 bits per heavy atom. The molecule has 1 aliphatic rings. The van der Waals surface area contributed by atoms with Gasteiger partial charge in [-0.25, -0.2) is 0 Å². The Bertz CT molecular complexity index is 170. The molecule has 0 aromatic carbocycles. The Labute approximate surface area is 75.5 Å². The van der Waals surface area contributed by atoms with Crippen LogP contribution >= 0.6 is 23.5 Å². The molecule has 62 valence electrons. The third-order valence-corrected chi connectivity index (χ3v) is 3.55. The number of ether oxygens (including phenoxy) is 1. The average Bonchev–Trinajstić information content (AvgIpc) is 2.48. The van der Waals surface area contributed by atoms with E-state index in [1.54, 1.807) is 30.6 Å². The molecule has 0 N–H and O–H groups in total. The fourth-order valence-electron chi connectivity index (χ4n) is 0.669. The van der Waals surface area contributed by atoms with Crippen molar-refractivity contribution in [2.75, 3.05) is 19.4 Å². The van der Waals surface area contributed by atoms with E-state index in [1.807, 2.05) is 6.08 Å². The molecular weight excluding hydrogens is 178 g/mol. The van der Waals surface area contributed by atoms with Crippen LogP contribution in [-0.2, 0) is 4.74 Å². The van der Waals surface area contributed by atoms with E-state index in [-0.39, 0.29) is 5.44 Å². The van der Waals surface area contributed by atoms with Gasteiger partial charge in [-0.1, -0.05) is 29.6 Å². The van der Waals surface area contributed by atoms with Crippen LogP contribution in [0.1, 0.15) is 0 Å². The maximum absolute atomic E-state index is 5.13. The Balaban J connectivity index is 2.22. The van der Waals surface area contributed by atoms with E-state index < -0.39 is 0 Å². The lowest BCUT2D eigenvalue weighted by Gasteiger charge is -2.02. The molecule has 0 aromatic heterocycles. The van der Waals surface area contributed by atoms with Crippen LogP contribution in [0.4, 0.5) is 0 Å². The first-order valence-electron chi connectivity index (χ1n) is 3.34. The van der Waals surface area contributed by atoms with Gasteiger partial charge in [0.25, 0.3) is 0 Å². The van der Waals surface area contributed by atoms with Gasteiger partial charge < -0.3 is 4.74 Å². The van der Waals surface area contributed by atoms with Crippen LogP contribution < -0.4 is 0 Å². The lowest BCUT2D eigenvalue weighted by atomic mass is 10.7. The topological polar surface area (TPSA) is 21.6 Å². The number of nitrogens with zero attached hydrogens (tertiary/aromatic N) is 1. The minimum absolute atomic E-state index is 0.238. The maximum atomic E-state index is 5.13. The molecule has 1 aliphatic heterocycles. The number of hydrogen-bond acceptors (Lipinski definition) is 4. The van der Waals surface area contributed by atoms with E-state index in [9.17, 15) is 0 Å². The van der Waals surface area contributed by atoms with Gasteiger partial charge in [0.15, 0.2) is 0 Å². The van der Waals surface area contributed by atoms with E-state index in [2.05, 4.69) is 11.6 Å². The molecule has 0 spiro atoms.